The highest BCUT2D eigenvalue weighted by atomic mass is 16.7. The number of benzene rings is 1. The third-order valence-electron chi connectivity index (χ3n) is 2.41. The van der Waals surface area contributed by atoms with Gasteiger partial charge >= 0.3 is 0 Å². The van der Waals surface area contributed by atoms with E-state index in [0.717, 1.165) is 30.0 Å². The minimum Gasteiger partial charge on any atom is -0.467 e. The third-order valence-corrected chi connectivity index (χ3v) is 2.41. The summed E-state index contributed by atoms with van der Waals surface area (Å²) in [5.41, 5.74) is 2.26. The largest absolute Gasteiger partial charge is 0.467 e. The predicted molar refractivity (Wildman–Crippen MR) is 67.3 cm³/mol. The van der Waals surface area contributed by atoms with Crippen LogP contribution in [0.5, 0.6) is 5.75 Å². The first-order chi connectivity index (χ1) is 8.29. The second kappa shape index (κ2) is 8.06. The Morgan fingerprint density at radius 1 is 1.18 bits per heavy atom. The predicted octanol–water partition coefficient (Wildman–Crippen LogP) is 1.71. The van der Waals surface area contributed by atoms with Crippen LogP contribution in [-0.2, 0) is 16.0 Å². The summed E-state index contributed by atoms with van der Waals surface area (Å²) in [6.07, 6.45) is 0. The molecule has 0 aliphatic carbocycles. The Morgan fingerprint density at radius 2 is 2.00 bits per heavy atom. The van der Waals surface area contributed by atoms with Gasteiger partial charge in [-0.15, -0.1) is 0 Å². The van der Waals surface area contributed by atoms with Crippen molar-refractivity contribution >= 4 is 0 Å². The first-order valence-corrected chi connectivity index (χ1v) is 5.69. The maximum Gasteiger partial charge on any atom is 0.188 e. The smallest absolute Gasteiger partial charge is 0.188 e. The number of methoxy groups -OCH3 is 2. The van der Waals surface area contributed by atoms with Gasteiger partial charge in [0.1, 0.15) is 5.75 Å². The lowest BCUT2D eigenvalue weighted by atomic mass is 10.1. The molecule has 0 unspecified atom stereocenters. The van der Waals surface area contributed by atoms with Crippen LogP contribution in [0, 0.1) is 6.92 Å². The normalized spacial score (nSPS) is 10.5. The van der Waals surface area contributed by atoms with Gasteiger partial charge in [0, 0.05) is 32.9 Å². The van der Waals surface area contributed by atoms with Crippen molar-refractivity contribution in [3.8, 4) is 5.75 Å². The van der Waals surface area contributed by atoms with Gasteiger partial charge in [-0.1, -0.05) is 18.2 Å². The number of para-hydroxylation sites is 1. The molecule has 96 valence electrons. The molecule has 0 saturated heterocycles. The number of rotatable bonds is 8. The van der Waals surface area contributed by atoms with Gasteiger partial charge in [-0.3, -0.25) is 0 Å². The van der Waals surface area contributed by atoms with Gasteiger partial charge < -0.3 is 19.5 Å². The molecule has 0 bridgehead atoms. The highest BCUT2D eigenvalue weighted by Gasteiger charge is 2.06. The van der Waals surface area contributed by atoms with Crippen LogP contribution >= 0.6 is 0 Å². The van der Waals surface area contributed by atoms with Crippen LogP contribution in [0.25, 0.3) is 0 Å². The van der Waals surface area contributed by atoms with Crippen LogP contribution in [-0.4, -0.2) is 34.2 Å². The molecule has 4 nitrogen and oxygen atoms in total. The van der Waals surface area contributed by atoms with Gasteiger partial charge in [-0.25, -0.2) is 0 Å². The fourth-order valence-electron chi connectivity index (χ4n) is 1.57. The molecule has 0 fully saturated rings. The Labute approximate surface area is 103 Å². The van der Waals surface area contributed by atoms with E-state index in [-0.39, 0.29) is 6.79 Å². The van der Waals surface area contributed by atoms with Crippen molar-refractivity contribution in [1.29, 1.82) is 0 Å². The summed E-state index contributed by atoms with van der Waals surface area (Å²) in [6, 6.07) is 6.11. The third kappa shape index (κ3) is 4.73. The van der Waals surface area contributed by atoms with E-state index in [1.807, 2.05) is 19.1 Å². The minimum atomic E-state index is 0.274. The Hall–Kier alpha value is -1.10. The topological polar surface area (TPSA) is 39.7 Å². The van der Waals surface area contributed by atoms with E-state index < -0.39 is 0 Å². The number of ether oxygens (including phenoxy) is 3. The number of hydrogen-bond acceptors (Lipinski definition) is 4. The molecule has 0 heterocycles. The van der Waals surface area contributed by atoms with Crippen molar-refractivity contribution in [3.63, 3.8) is 0 Å². The average Bonchev–Trinajstić information content (AvgIpc) is 2.34. The van der Waals surface area contributed by atoms with Gasteiger partial charge in [-0.2, -0.15) is 0 Å². The van der Waals surface area contributed by atoms with Crippen LogP contribution < -0.4 is 10.1 Å². The first kappa shape index (κ1) is 14.0. The lowest BCUT2D eigenvalue weighted by Crippen LogP contribution is -2.19. The standard InChI is InChI=1S/C13H21NO3/c1-11-5-4-6-12(9-14-7-8-15-2)13(11)17-10-16-3/h4-6,14H,7-10H2,1-3H3. The van der Waals surface area contributed by atoms with Crippen molar-refractivity contribution in [2.45, 2.75) is 13.5 Å². The molecule has 4 heteroatoms. The van der Waals surface area contributed by atoms with Crippen LogP contribution in [0.3, 0.4) is 0 Å². The molecule has 0 aliphatic rings. The molecule has 0 saturated carbocycles. The summed E-state index contributed by atoms with van der Waals surface area (Å²) in [5.74, 6) is 0.902. The molecule has 0 amide bonds. The van der Waals surface area contributed by atoms with Crippen molar-refractivity contribution in [3.05, 3.63) is 29.3 Å². The molecular weight excluding hydrogens is 218 g/mol. The molecule has 0 atom stereocenters. The summed E-state index contributed by atoms with van der Waals surface area (Å²) in [7, 11) is 3.32. The molecule has 1 N–H and O–H groups in total. The molecule has 1 rings (SSSR count). The van der Waals surface area contributed by atoms with Gasteiger partial charge in [0.2, 0.25) is 0 Å². The zero-order valence-electron chi connectivity index (χ0n) is 10.8. The molecule has 0 aliphatic heterocycles. The van der Waals surface area contributed by atoms with E-state index in [1.54, 1.807) is 14.2 Å². The van der Waals surface area contributed by atoms with Crippen molar-refractivity contribution < 1.29 is 14.2 Å². The molecular formula is C13H21NO3. The summed E-state index contributed by atoms with van der Waals surface area (Å²) in [6.45, 7) is 4.61. The quantitative estimate of drug-likeness (QED) is 0.554. The van der Waals surface area contributed by atoms with Gasteiger partial charge in [0.25, 0.3) is 0 Å². The van der Waals surface area contributed by atoms with E-state index in [0.29, 0.717) is 6.61 Å². The van der Waals surface area contributed by atoms with Crippen LogP contribution in [0.4, 0.5) is 0 Å². The Morgan fingerprint density at radius 3 is 2.71 bits per heavy atom. The van der Waals surface area contributed by atoms with E-state index in [9.17, 15) is 0 Å². The maximum absolute atomic E-state index is 5.58. The van der Waals surface area contributed by atoms with Gasteiger partial charge in [0.05, 0.1) is 6.61 Å². The second-order valence-corrected chi connectivity index (χ2v) is 3.78. The van der Waals surface area contributed by atoms with E-state index in [2.05, 4.69) is 11.4 Å². The molecule has 1 aromatic rings. The summed E-state index contributed by atoms with van der Waals surface area (Å²) >= 11 is 0. The Kier molecular flexibility index (Phi) is 6.62. The molecule has 1 aromatic carbocycles. The number of nitrogens with one attached hydrogen (secondary N) is 1. The first-order valence-electron chi connectivity index (χ1n) is 5.69. The highest BCUT2D eigenvalue weighted by Crippen LogP contribution is 2.23. The monoisotopic (exact) mass is 239 g/mol. The summed E-state index contributed by atoms with van der Waals surface area (Å²) in [4.78, 5) is 0. The number of hydrogen-bond donors (Lipinski definition) is 1. The molecule has 0 spiro atoms. The molecule has 17 heavy (non-hydrogen) atoms. The Bertz CT molecular complexity index is 328. The van der Waals surface area contributed by atoms with Crippen LogP contribution in [0.1, 0.15) is 11.1 Å². The van der Waals surface area contributed by atoms with Crippen LogP contribution in [0.15, 0.2) is 18.2 Å². The SMILES string of the molecule is COCCNCc1cccc(C)c1OCOC. The van der Waals surface area contributed by atoms with Crippen molar-refractivity contribution in [2.24, 2.45) is 0 Å². The van der Waals surface area contributed by atoms with E-state index in [4.69, 9.17) is 14.2 Å². The van der Waals surface area contributed by atoms with Gasteiger partial charge in [0.15, 0.2) is 6.79 Å². The number of aryl methyl sites for hydroxylation is 1. The zero-order valence-corrected chi connectivity index (χ0v) is 10.8. The van der Waals surface area contributed by atoms with E-state index in [1.165, 1.54) is 0 Å². The van der Waals surface area contributed by atoms with Crippen LogP contribution in [0.2, 0.25) is 0 Å². The fourth-order valence-corrected chi connectivity index (χ4v) is 1.57. The second-order valence-electron chi connectivity index (χ2n) is 3.78. The average molecular weight is 239 g/mol. The highest BCUT2D eigenvalue weighted by molar-refractivity contribution is 5.40. The summed E-state index contributed by atoms with van der Waals surface area (Å²) < 4.78 is 15.5. The molecule has 0 radical (unpaired) electrons. The lowest BCUT2D eigenvalue weighted by molar-refractivity contribution is 0.0498. The molecule has 0 aromatic heterocycles. The van der Waals surface area contributed by atoms with Crippen molar-refractivity contribution in [1.82, 2.24) is 5.32 Å². The van der Waals surface area contributed by atoms with Gasteiger partial charge in [-0.05, 0) is 12.5 Å². The Balaban J connectivity index is 2.59. The van der Waals surface area contributed by atoms with Crippen molar-refractivity contribution in [2.75, 3.05) is 34.2 Å². The van der Waals surface area contributed by atoms with E-state index >= 15 is 0 Å². The zero-order chi connectivity index (χ0) is 12.5. The lowest BCUT2D eigenvalue weighted by Gasteiger charge is -2.14. The minimum absolute atomic E-state index is 0.274. The maximum atomic E-state index is 5.58. The summed E-state index contributed by atoms with van der Waals surface area (Å²) in [5, 5.41) is 3.30. The fraction of sp³-hybridized carbons (Fsp3) is 0.538.